The summed E-state index contributed by atoms with van der Waals surface area (Å²) in [6, 6.07) is 20.6. The van der Waals surface area contributed by atoms with Crippen LogP contribution < -0.4 is 16.2 Å². The Morgan fingerprint density at radius 3 is 2.37 bits per heavy atom. The van der Waals surface area contributed by atoms with Gasteiger partial charge in [0.1, 0.15) is 0 Å². The maximum atomic E-state index is 11.0. The molecule has 0 aliphatic carbocycles. The summed E-state index contributed by atoms with van der Waals surface area (Å²) in [7, 11) is 0. The third-order valence-electron chi connectivity index (χ3n) is 4.92. The monoisotopic (exact) mass is 523 g/mol. The number of aryl methyl sites for hydroxylation is 1. The highest BCUT2D eigenvalue weighted by Crippen LogP contribution is 2.23. The zero-order valence-electron chi connectivity index (χ0n) is 18.2. The highest BCUT2D eigenvalue weighted by Gasteiger charge is 2.14. The van der Waals surface area contributed by atoms with Crippen molar-refractivity contribution in [2.24, 2.45) is 0 Å². The van der Waals surface area contributed by atoms with E-state index in [1.165, 1.54) is 12.1 Å². The fourth-order valence-corrected chi connectivity index (χ4v) is 3.72. The van der Waals surface area contributed by atoms with Crippen LogP contribution in [0.3, 0.4) is 0 Å². The molecule has 12 heteroatoms. The van der Waals surface area contributed by atoms with Crippen LogP contribution in [0.1, 0.15) is 5.56 Å². The molecule has 0 fully saturated rings. The first-order valence-electron chi connectivity index (χ1n) is 10.2. The molecule has 3 N–H and O–H groups in total. The molecule has 4 aromatic rings. The summed E-state index contributed by atoms with van der Waals surface area (Å²) in [5.41, 5.74) is 9.01. The van der Waals surface area contributed by atoms with E-state index in [9.17, 15) is 10.1 Å². The van der Waals surface area contributed by atoms with Gasteiger partial charge in [-0.15, -0.1) is 0 Å². The Bertz CT molecular complexity index is 1460. The summed E-state index contributed by atoms with van der Waals surface area (Å²) < 4.78 is 1.82. The molecule has 1 heterocycles. The number of aromatic nitrogens is 3. The minimum absolute atomic E-state index is 0.0350. The van der Waals surface area contributed by atoms with Gasteiger partial charge in [0, 0.05) is 28.4 Å². The summed E-state index contributed by atoms with van der Waals surface area (Å²) in [6.45, 7) is 1.97. The van der Waals surface area contributed by atoms with Crippen LogP contribution in [0.5, 0.6) is 0 Å². The second-order valence-corrected chi connectivity index (χ2v) is 8.50. The molecule has 9 nitrogen and oxygen atoms in total. The van der Waals surface area contributed by atoms with Crippen LogP contribution in [0.2, 0.25) is 5.02 Å². The zero-order valence-corrected chi connectivity index (χ0v) is 20.6. The number of nitrogens with one attached hydrogen (secondary N) is 3. The first kappa shape index (κ1) is 24.2. The summed E-state index contributed by atoms with van der Waals surface area (Å²) in [4.78, 5) is 19.5. The molecule has 0 saturated carbocycles. The molecule has 0 unspecified atom stereocenters. The van der Waals surface area contributed by atoms with Gasteiger partial charge >= 0.3 is 0 Å². The molecule has 0 amide bonds. The summed E-state index contributed by atoms with van der Waals surface area (Å²) in [6.07, 6.45) is 0. The summed E-state index contributed by atoms with van der Waals surface area (Å²) in [5.74, 6) is 0.590. The van der Waals surface area contributed by atoms with Gasteiger partial charge in [-0.05, 0) is 79.4 Å². The molecule has 176 valence electrons. The number of nitrogens with zero attached hydrogens (tertiary/aromatic N) is 4. The van der Waals surface area contributed by atoms with Crippen LogP contribution in [-0.2, 0) is 0 Å². The van der Waals surface area contributed by atoms with Crippen molar-refractivity contribution in [1.82, 2.24) is 20.0 Å². The number of non-ortho nitro benzene ring substituents is 1. The number of rotatable bonds is 6. The first-order chi connectivity index (χ1) is 16.8. The largest absolute Gasteiger partial charge is 0.331 e. The van der Waals surface area contributed by atoms with Crippen LogP contribution >= 0.6 is 36.0 Å². The maximum Gasteiger partial charge on any atom is 0.269 e. The topological polar surface area (TPSA) is 110 Å². The van der Waals surface area contributed by atoms with Crippen molar-refractivity contribution in [3.8, 4) is 17.1 Å². The van der Waals surface area contributed by atoms with Crippen molar-refractivity contribution in [3.05, 3.63) is 98.3 Å². The minimum atomic E-state index is -0.470. The van der Waals surface area contributed by atoms with E-state index in [-0.39, 0.29) is 16.3 Å². The van der Waals surface area contributed by atoms with Crippen molar-refractivity contribution < 1.29 is 4.92 Å². The van der Waals surface area contributed by atoms with Crippen LogP contribution in [-0.4, -0.2) is 24.6 Å². The van der Waals surface area contributed by atoms with E-state index in [4.69, 9.17) is 36.0 Å². The Labute approximate surface area is 215 Å². The number of anilines is 2. The Hall–Kier alpha value is -3.93. The number of hydrogen-bond acceptors (Lipinski definition) is 7. The Morgan fingerprint density at radius 1 is 1.03 bits per heavy atom. The van der Waals surface area contributed by atoms with Crippen molar-refractivity contribution in [3.63, 3.8) is 0 Å². The predicted octanol–water partition coefficient (Wildman–Crippen LogP) is 5.85. The fourth-order valence-electron chi connectivity index (χ4n) is 3.15. The predicted molar refractivity (Wildman–Crippen MR) is 143 cm³/mol. The average Bonchev–Trinajstić information content (AvgIpc) is 2.85. The molecule has 35 heavy (non-hydrogen) atoms. The van der Waals surface area contributed by atoms with Gasteiger partial charge in [-0.3, -0.25) is 25.5 Å². The molecule has 0 bridgehead atoms. The zero-order chi connectivity index (χ0) is 24.9. The van der Waals surface area contributed by atoms with Crippen molar-refractivity contribution in [1.29, 1.82) is 0 Å². The van der Waals surface area contributed by atoms with Gasteiger partial charge in [-0.1, -0.05) is 29.8 Å². The Balaban J connectivity index is 1.68. The molecular formula is C23H18ClN7O2S2. The maximum absolute atomic E-state index is 11.0. The molecule has 0 aliphatic rings. The Morgan fingerprint density at radius 2 is 1.71 bits per heavy atom. The molecule has 0 spiro atoms. The molecule has 1 aromatic heterocycles. The number of nitro groups is 1. The van der Waals surface area contributed by atoms with E-state index >= 15 is 0 Å². The fraction of sp³-hybridized carbons (Fsp3) is 0.0435. The number of para-hydroxylation sites is 1. The lowest BCUT2D eigenvalue weighted by Gasteiger charge is -2.18. The van der Waals surface area contributed by atoms with Gasteiger partial charge in [-0.25, -0.2) is 0 Å². The SMILES string of the molecule is Cc1ccccc1NC(=S)NNc1nc(-c2ccc([N+](=O)[O-])cc2)nc(=S)n1-c1ccc(Cl)cc1. The lowest BCUT2D eigenvalue weighted by atomic mass is 10.2. The number of hydrogen-bond donors (Lipinski definition) is 3. The third-order valence-corrected chi connectivity index (χ3v) is 5.65. The first-order valence-corrected chi connectivity index (χ1v) is 11.4. The van der Waals surface area contributed by atoms with E-state index in [2.05, 4.69) is 26.1 Å². The lowest BCUT2D eigenvalue weighted by Crippen LogP contribution is -2.35. The van der Waals surface area contributed by atoms with E-state index in [1.54, 1.807) is 41.0 Å². The highest BCUT2D eigenvalue weighted by atomic mass is 35.5. The van der Waals surface area contributed by atoms with Gasteiger partial charge in [0.25, 0.3) is 5.69 Å². The normalized spacial score (nSPS) is 10.5. The van der Waals surface area contributed by atoms with E-state index in [0.29, 0.717) is 27.3 Å². The lowest BCUT2D eigenvalue weighted by molar-refractivity contribution is -0.384. The smallest absolute Gasteiger partial charge is 0.269 e. The van der Waals surface area contributed by atoms with E-state index < -0.39 is 4.92 Å². The molecule has 0 atom stereocenters. The molecule has 4 rings (SSSR count). The molecule has 0 saturated heterocycles. The number of hydrazine groups is 1. The van der Waals surface area contributed by atoms with Gasteiger partial charge in [0.2, 0.25) is 10.7 Å². The van der Waals surface area contributed by atoms with Crippen LogP contribution in [0.4, 0.5) is 17.3 Å². The van der Waals surface area contributed by atoms with E-state index in [0.717, 1.165) is 11.3 Å². The Kier molecular flexibility index (Phi) is 7.30. The summed E-state index contributed by atoms with van der Waals surface area (Å²) >= 11 is 17.0. The summed E-state index contributed by atoms with van der Waals surface area (Å²) in [5, 5.41) is 15.0. The molecule has 0 radical (unpaired) electrons. The van der Waals surface area contributed by atoms with Crippen LogP contribution in [0, 0.1) is 21.8 Å². The van der Waals surface area contributed by atoms with Gasteiger partial charge in [-0.2, -0.15) is 9.97 Å². The standard InChI is InChI=1S/C23H18ClN7O2S2/c1-14-4-2-3-5-19(14)25-22(34)29-28-21-26-20(15-6-10-18(11-7-15)31(32)33)27-23(35)30(21)17-12-8-16(24)9-13-17/h2-13H,1H3,(H2,25,29,34)(H,26,27,28,35). The van der Waals surface area contributed by atoms with Crippen LogP contribution in [0.25, 0.3) is 17.1 Å². The second kappa shape index (κ2) is 10.6. The number of halogens is 1. The number of nitro benzene ring substituents is 1. The van der Waals surface area contributed by atoms with Crippen LogP contribution in [0.15, 0.2) is 72.8 Å². The second-order valence-electron chi connectivity index (χ2n) is 7.29. The van der Waals surface area contributed by atoms with E-state index in [1.807, 2.05) is 31.2 Å². The highest BCUT2D eigenvalue weighted by molar-refractivity contribution is 7.80. The average molecular weight is 524 g/mol. The molecule has 0 aliphatic heterocycles. The minimum Gasteiger partial charge on any atom is -0.331 e. The van der Waals surface area contributed by atoms with Gasteiger partial charge in [0.15, 0.2) is 10.9 Å². The molecular weight excluding hydrogens is 506 g/mol. The van der Waals surface area contributed by atoms with Crippen molar-refractivity contribution in [2.45, 2.75) is 6.92 Å². The number of thiocarbonyl (C=S) groups is 1. The van der Waals surface area contributed by atoms with Gasteiger partial charge in [0.05, 0.1) is 10.6 Å². The van der Waals surface area contributed by atoms with Crippen molar-refractivity contribution >= 4 is 58.5 Å². The number of benzene rings is 3. The quantitative estimate of drug-likeness (QED) is 0.163. The molecule has 3 aromatic carbocycles. The third kappa shape index (κ3) is 5.77. The van der Waals surface area contributed by atoms with Gasteiger partial charge < -0.3 is 5.32 Å². The van der Waals surface area contributed by atoms with Crippen molar-refractivity contribution in [2.75, 3.05) is 10.7 Å².